The van der Waals surface area contributed by atoms with Crippen molar-refractivity contribution in [2.24, 2.45) is 0 Å². The van der Waals surface area contributed by atoms with Gasteiger partial charge >= 0.3 is 5.69 Å². The van der Waals surface area contributed by atoms with Gasteiger partial charge in [0.15, 0.2) is 5.75 Å². The summed E-state index contributed by atoms with van der Waals surface area (Å²) >= 11 is 1.56. The first-order valence-corrected chi connectivity index (χ1v) is 7.55. The molecule has 0 aliphatic rings. The number of nitro groups is 1. The van der Waals surface area contributed by atoms with Crippen molar-refractivity contribution in [1.82, 2.24) is 0 Å². The van der Waals surface area contributed by atoms with E-state index in [0.29, 0.717) is 5.69 Å². The molecular formula is C15H14N2O4S. The van der Waals surface area contributed by atoms with Crippen molar-refractivity contribution in [1.29, 1.82) is 0 Å². The Morgan fingerprint density at radius 2 is 2.05 bits per heavy atom. The molecule has 0 aromatic heterocycles. The van der Waals surface area contributed by atoms with E-state index in [1.54, 1.807) is 17.8 Å². The molecule has 6 nitrogen and oxygen atoms in total. The molecular weight excluding hydrogens is 304 g/mol. The molecule has 0 radical (unpaired) electrons. The highest BCUT2D eigenvalue weighted by Crippen LogP contribution is 2.28. The van der Waals surface area contributed by atoms with Crippen molar-refractivity contribution >= 4 is 29.0 Å². The van der Waals surface area contributed by atoms with Gasteiger partial charge in [0, 0.05) is 22.2 Å². The van der Waals surface area contributed by atoms with Crippen LogP contribution in [0.15, 0.2) is 47.4 Å². The number of nitro benzene ring substituents is 1. The number of thioether (sulfide) groups is 1. The van der Waals surface area contributed by atoms with Gasteiger partial charge in [-0.05, 0) is 36.6 Å². The number of methoxy groups -OCH3 is 1. The third kappa shape index (κ3) is 3.56. The van der Waals surface area contributed by atoms with Crippen LogP contribution in [0.4, 0.5) is 11.4 Å². The first-order chi connectivity index (χ1) is 10.5. The second-order valence-corrected chi connectivity index (χ2v) is 5.21. The molecule has 1 amide bonds. The van der Waals surface area contributed by atoms with E-state index in [9.17, 15) is 14.9 Å². The van der Waals surface area contributed by atoms with Gasteiger partial charge in [0.05, 0.1) is 12.0 Å². The zero-order valence-corrected chi connectivity index (χ0v) is 12.8. The van der Waals surface area contributed by atoms with Gasteiger partial charge in [0.2, 0.25) is 0 Å². The highest BCUT2D eigenvalue weighted by atomic mass is 32.2. The summed E-state index contributed by atoms with van der Waals surface area (Å²) in [6.07, 6.45) is 1.94. The molecule has 0 aliphatic heterocycles. The third-order valence-corrected chi connectivity index (χ3v) is 3.69. The molecule has 0 unspecified atom stereocenters. The molecule has 22 heavy (non-hydrogen) atoms. The van der Waals surface area contributed by atoms with Gasteiger partial charge in [-0.3, -0.25) is 14.9 Å². The maximum atomic E-state index is 12.2. The average molecular weight is 318 g/mol. The lowest BCUT2D eigenvalue weighted by molar-refractivity contribution is -0.385. The number of nitrogens with zero attached hydrogens (tertiary/aromatic N) is 1. The number of hydrogen-bond acceptors (Lipinski definition) is 5. The van der Waals surface area contributed by atoms with Gasteiger partial charge in [-0.25, -0.2) is 0 Å². The van der Waals surface area contributed by atoms with E-state index in [2.05, 4.69) is 5.32 Å². The monoisotopic (exact) mass is 318 g/mol. The lowest BCUT2D eigenvalue weighted by Gasteiger charge is -2.07. The largest absolute Gasteiger partial charge is 0.490 e. The van der Waals surface area contributed by atoms with Crippen LogP contribution >= 0.6 is 11.8 Å². The summed E-state index contributed by atoms with van der Waals surface area (Å²) in [6.45, 7) is 0. The van der Waals surface area contributed by atoms with Crippen LogP contribution < -0.4 is 10.1 Å². The van der Waals surface area contributed by atoms with E-state index in [1.165, 1.54) is 25.3 Å². The smallest absolute Gasteiger partial charge is 0.311 e. The highest BCUT2D eigenvalue weighted by Gasteiger charge is 2.18. The molecule has 0 bridgehead atoms. The Morgan fingerprint density at radius 1 is 1.27 bits per heavy atom. The summed E-state index contributed by atoms with van der Waals surface area (Å²) < 4.78 is 4.91. The normalized spacial score (nSPS) is 10.1. The average Bonchev–Trinajstić information content (AvgIpc) is 2.54. The SMILES string of the molecule is COc1ccc(C(=O)Nc2cccc(SC)c2)cc1[N+](=O)[O-]. The minimum absolute atomic E-state index is 0.117. The first kappa shape index (κ1) is 15.8. The Bertz CT molecular complexity index is 718. The zero-order valence-electron chi connectivity index (χ0n) is 12.0. The minimum Gasteiger partial charge on any atom is -0.490 e. The van der Waals surface area contributed by atoms with Crippen LogP contribution in [0.2, 0.25) is 0 Å². The Hall–Kier alpha value is -2.54. The Balaban J connectivity index is 2.25. The molecule has 0 spiro atoms. The Labute approximate surface area is 131 Å². The molecule has 2 aromatic rings. The Morgan fingerprint density at radius 3 is 2.68 bits per heavy atom. The second-order valence-electron chi connectivity index (χ2n) is 4.33. The van der Waals surface area contributed by atoms with Gasteiger partial charge in [-0.15, -0.1) is 11.8 Å². The molecule has 0 saturated carbocycles. The molecule has 2 aromatic carbocycles. The molecule has 0 fully saturated rings. The number of amides is 1. The molecule has 2 rings (SSSR count). The van der Waals surface area contributed by atoms with Crippen LogP contribution in [0.3, 0.4) is 0 Å². The maximum Gasteiger partial charge on any atom is 0.311 e. The minimum atomic E-state index is -0.579. The predicted molar refractivity (Wildman–Crippen MR) is 85.8 cm³/mol. The number of carbonyl (C=O) groups is 1. The van der Waals surface area contributed by atoms with Crippen LogP contribution in [-0.2, 0) is 0 Å². The zero-order chi connectivity index (χ0) is 16.1. The van der Waals surface area contributed by atoms with Crippen LogP contribution in [0, 0.1) is 10.1 Å². The second kappa shape index (κ2) is 6.95. The predicted octanol–water partition coefficient (Wildman–Crippen LogP) is 3.58. The van der Waals surface area contributed by atoms with Crippen LogP contribution in [0.1, 0.15) is 10.4 Å². The molecule has 0 heterocycles. The molecule has 0 aliphatic carbocycles. The van der Waals surface area contributed by atoms with Gasteiger partial charge < -0.3 is 10.1 Å². The van der Waals surface area contributed by atoms with Crippen molar-refractivity contribution < 1.29 is 14.5 Å². The van der Waals surface area contributed by atoms with Gasteiger partial charge in [0.1, 0.15) is 0 Å². The number of nitrogens with one attached hydrogen (secondary N) is 1. The van der Waals surface area contributed by atoms with Gasteiger partial charge in [-0.1, -0.05) is 6.07 Å². The van der Waals surface area contributed by atoms with E-state index < -0.39 is 10.8 Å². The van der Waals surface area contributed by atoms with Crippen LogP contribution in [0.5, 0.6) is 5.75 Å². The maximum absolute atomic E-state index is 12.2. The summed E-state index contributed by atoms with van der Waals surface area (Å²) in [7, 11) is 1.34. The van der Waals surface area contributed by atoms with E-state index in [-0.39, 0.29) is 17.0 Å². The van der Waals surface area contributed by atoms with E-state index in [1.807, 2.05) is 24.5 Å². The van der Waals surface area contributed by atoms with E-state index in [0.717, 1.165) is 4.90 Å². The molecule has 7 heteroatoms. The van der Waals surface area contributed by atoms with Crippen molar-refractivity contribution in [3.63, 3.8) is 0 Å². The van der Waals surface area contributed by atoms with Crippen LogP contribution in [-0.4, -0.2) is 24.2 Å². The quantitative estimate of drug-likeness (QED) is 0.518. The number of rotatable bonds is 5. The number of carbonyl (C=O) groups excluding carboxylic acids is 1. The summed E-state index contributed by atoms with van der Waals surface area (Å²) in [5.74, 6) is -0.296. The topological polar surface area (TPSA) is 81.5 Å². The summed E-state index contributed by atoms with van der Waals surface area (Å²) in [6, 6.07) is 11.4. The van der Waals surface area contributed by atoms with Crippen molar-refractivity contribution in [2.75, 3.05) is 18.7 Å². The molecule has 1 N–H and O–H groups in total. The third-order valence-electron chi connectivity index (χ3n) is 2.97. The van der Waals surface area contributed by atoms with Crippen molar-refractivity contribution in [3.8, 4) is 5.75 Å². The summed E-state index contributed by atoms with van der Waals surface area (Å²) in [5, 5.41) is 13.7. The fourth-order valence-corrected chi connectivity index (χ4v) is 2.34. The lowest BCUT2D eigenvalue weighted by Crippen LogP contribution is -2.12. The molecule has 0 atom stereocenters. The summed E-state index contributed by atoms with van der Waals surface area (Å²) in [5.41, 5.74) is 0.588. The van der Waals surface area contributed by atoms with Crippen molar-refractivity contribution in [2.45, 2.75) is 4.90 Å². The highest BCUT2D eigenvalue weighted by molar-refractivity contribution is 7.98. The van der Waals surface area contributed by atoms with Gasteiger partial charge in [-0.2, -0.15) is 0 Å². The number of hydrogen-bond donors (Lipinski definition) is 1. The molecule has 0 saturated heterocycles. The fraction of sp³-hybridized carbons (Fsp3) is 0.133. The van der Waals surface area contributed by atoms with Crippen LogP contribution in [0.25, 0.3) is 0 Å². The summed E-state index contributed by atoms with van der Waals surface area (Å²) in [4.78, 5) is 23.6. The standard InChI is InChI=1S/C15H14N2O4S/c1-21-14-7-6-10(8-13(14)17(19)20)15(18)16-11-4-3-5-12(9-11)22-2/h3-9H,1-2H3,(H,16,18). The number of ether oxygens (including phenoxy) is 1. The van der Waals surface area contributed by atoms with E-state index in [4.69, 9.17) is 4.74 Å². The molecule has 114 valence electrons. The lowest BCUT2D eigenvalue weighted by atomic mass is 10.1. The fourth-order valence-electron chi connectivity index (χ4n) is 1.88. The van der Waals surface area contributed by atoms with Crippen molar-refractivity contribution in [3.05, 3.63) is 58.1 Å². The first-order valence-electron chi connectivity index (χ1n) is 6.33. The Kier molecular flexibility index (Phi) is 5.00. The number of anilines is 1. The van der Waals surface area contributed by atoms with Gasteiger partial charge in [0.25, 0.3) is 5.91 Å². The van der Waals surface area contributed by atoms with E-state index >= 15 is 0 Å². The number of benzene rings is 2.